The molecule has 0 bridgehead atoms. The maximum atomic E-state index is 14.0. The van der Waals surface area contributed by atoms with Crippen LogP contribution in [-0.4, -0.2) is 58.3 Å². The van der Waals surface area contributed by atoms with E-state index in [1.54, 1.807) is 24.3 Å². The van der Waals surface area contributed by atoms with Crippen molar-refractivity contribution in [2.75, 3.05) is 26.2 Å². The summed E-state index contributed by atoms with van der Waals surface area (Å²) in [5.74, 6) is 0.274. The molecule has 2 aliphatic heterocycles. The van der Waals surface area contributed by atoms with Crippen LogP contribution < -0.4 is 20.1 Å². The van der Waals surface area contributed by atoms with Crippen LogP contribution in [-0.2, 0) is 0 Å². The maximum absolute atomic E-state index is 14.0. The Balaban J connectivity index is 0.000000133. The number of aromatic amines is 4. The predicted octanol–water partition coefficient (Wildman–Crippen LogP) is 10.7. The Hall–Kier alpha value is -6.24. The van der Waals surface area contributed by atoms with Crippen LogP contribution in [0.3, 0.4) is 0 Å². The molecule has 2 fully saturated rings. The van der Waals surface area contributed by atoms with E-state index < -0.39 is 0 Å². The molecule has 8 nitrogen and oxygen atoms in total. The zero-order valence-corrected chi connectivity index (χ0v) is 31.2. The fourth-order valence-electron chi connectivity index (χ4n) is 9.00. The first kappa shape index (κ1) is 35.0. The topological polar surface area (TPSA) is 106 Å². The molecule has 2 aliphatic rings. The van der Waals surface area contributed by atoms with Gasteiger partial charge in [0.15, 0.2) is 11.5 Å². The molecule has 4 aromatic heterocycles. The Labute approximate surface area is 327 Å². The molecule has 12 rings (SSSR count). The van der Waals surface area contributed by atoms with Gasteiger partial charge in [-0.1, -0.05) is 0 Å². The number of benzene rings is 6. The van der Waals surface area contributed by atoms with E-state index in [1.807, 2.05) is 12.1 Å². The Kier molecular flexibility index (Phi) is 8.26. The smallest absolute Gasteiger partial charge is 0.167 e. The molecular formula is C46H38F4N6O2. The highest BCUT2D eigenvalue weighted by molar-refractivity contribution is 6.22. The number of piperidine rings is 2. The second kappa shape index (κ2) is 13.7. The van der Waals surface area contributed by atoms with E-state index in [0.29, 0.717) is 5.75 Å². The summed E-state index contributed by atoms with van der Waals surface area (Å²) in [5, 5.41) is 13.4. The summed E-state index contributed by atoms with van der Waals surface area (Å²) in [6.45, 7) is 3.61. The molecule has 0 saturated carbocycles. The standard InChI is InChI=1S/2C23H19F2N3O/c24-12-1-3-19-15(9-12)17-11-18-16-10-13(25)2-4-20(16)28-22(18)23(21(17)27-19)29-14-5-7-26-8-6-14;24-12-3-5-19-15(8-12)17-10-18-16-9-13(25)4-6-20(16)28-22(18)23(21(17)27-19)29-14-2-1-7-26-11-14/h1-4,9-11,14,26-28H,5-8H2;3-6,8-10,14,26-28H,1-2,7,11H2. The summed E-state index contributed by atoms with van der Waals surface area (Å²) >= 11 is 0. The minimum atomic E-state index is -0.289. The van der Waals surface area contributed by atoms with Crippen molar-refractivity contribution in [3.05, 3.63) is 108 Å². The van der Waals surface area contributed by atoms with E-state index in [-0.39, 0.29) is 35.5 Å². The van der Waals surface area contributed by atoms with Gasteiger partial charge in [-0.25, -0.2) is 17.6 Å². The summed E-state index contributed by atoms with van der Waals surface area (Å²) in [4.78, 5) is 13.6. The van der Waals surface area contributed by atoms with Crippen LogP contribution >= 0.6 is 0 Å². The number of H-pyrrole nitrogens is 4. The highest BCUT2D eigenvalue weighted by Gasteiger charge is 2.24. The number of rotatable bonds is 4. The van der Waals surface area contributed by atoms with Crippen LogP contribution in [0.1, 0.15) is 25.7 Å². The van der Waals surface area contributed by atoms with E-state index >= 15 is 0 Å². The minimum Gasteiger partial charge on any atom is -0.486 e. The molecule has 0 radical (unpaired) electrons. The second-order valence-corrected chi connectivity index (χ2v) is 15.5. The van der Waals surface area contributed by atoms with E-state index in [2.05, 4.69) is 30.6 Å². The van der Waals surface area contributed by atoms with Gasteiger partial charge in [-0.05, 0) is 130 Å². The van der Waals surface area contributed by atoms with Crippen LogP contribution in [0.15, 0.2) is 84.9 Å². The largest absolute Gasteiger partial charge is 0.486 e. The average molecular weight is 783 g/mol. The Morgan fingerprint density at radius 3 is 1.14 bits per heavy atom. The van der Waals surface area contributed by atoms with E-state index in [9.17, 15) is 17.6 Å². The van der Waals surface area contributed by atoms with Crippen LogP contribution in [0, 0.1) is 23.3 Å². The summed E-state index contributed by atoms with van der Waals surface area (Å²) < 4.78 is 68.9. The van der Waals surface area contributed by atoms with Crippen molar-refractivity contribution >= 4 is 87.2 Å². The molecule has 6 N–H and O–H groups in total. The molecule has 1 atom stereocenters. The molecule has 6 heterocycles. The molecule has 292 valence electrons. The van der Waals surface area contributed by atoms with Crippen LogP contribution in [0.5, 0.6) is 11.5 Å². The van der Waals surface area contributed by atoms with Gasteiger partial charge in [0, 0.05) is 71.7 Å². The highest BCUT2D eigenvalue weighted by Crippen LogP contribution is 2.43. The van der Waals surface area contributed by atoms with Gasteiger partial charge in [-0.15, -0.1) is 0 Å². The SMILES string of the molecule is Fc1ccc2[nH]c3c(OC4CCCNC4)c4[nH]c5ccc(F)cc5c4cc3c2c1.Fc1ccc2[nH]c3c(OC4CCNCC4)c4[nH]c5ccc(F)cc5c4cc3c2c1. The first-order valence-corrected chi connectivity index (χ1v) is 19.8. The van der Waals surface area contributed by atoms with Crippen LogP contribution in [0.4, 0.5) is 17.6 Å². The zero-order chi connectivity index (χ0) is 39.1. The molecule has 0 aliphatic carbocycles. The van der Waals surface area contributed by atoms with Crippen LogP contribution in [0.25, 0.3) is 87.2 Å². The quantitative estimate of drug-likeness (QED) is 0.100. The highest BCUT2D eigenvalue weighted by atomic mass is 19.1. The van der Waals surface area contributed by atoms with Gasteiger partial charge in [0.05, 0.1) is 22.1 Å². The van der Waals surface area contributed by atoms with E-state index in [0.717, 1.165) is 145 Å². The number of nitrogens with one attached hydrogen (secondary N) is 6. The van der Waals surface area contributed by atoms with Crippen molar-refractivity contribution in [3.63, 3.8) is 0 Å². The summed E-state index contributed by atoms with van der Waals surface area (Å²) in [7, 11) is 0. The molecule has 12 heteroatoms. The molecule has 1 unspecified atom stereocenters. The van der Waals surface area contributed by atoms with E-state index in [4.69, 9.17) is 9.47 Å². The number of hydrogen-bond acceptors (Lipinski definition) is 4. The van der Waals surface area contributed by atoms with Gasteiger partial charge >= 0.3 is 0 Å². The van der Waals surface area contributed by atoms with Crippen LogP contribution in [0.2, 0.25) is 0 Å². The maximum Gasteiger partial charge on any atom is 0.167 e. The second-order valence-electron chi connectivity index (χ2n) is 15.5. The van der Waals surface area contributed by atoms with Crippen molar-refractivity contribution in [1.82, 2.24) is 30.6 Å². The normalized spacial score (nSPS) is 16.7. The molecule has 0 amide bonds. The number of aromatic nitrogens is 4. The lowest BCUT2D eigenvalue weighted by atomic mass is 10.1. The van der Waals surface area contributed by atoms with E-state index in [1.165, 1.54) is 48.5 Å². The number of halogens is 4. The van der Waals surface area contributed by atoms with Gasteiger partial charge in [0.1, 0.15) is 35.5 Å². The molecule has 2 saturated heterocycles. The molecule has 0 spiro atoms. The fraction of sp³-hybridized carbons (Fsp3) is 0.217. The zero-order valence-electron chi connectivity index (χ0n) is 31.2. The predicted molar refractivity (Wildman–Crippen MR) is 223 cm³/mol. The molecule has 10 aromatic rings. The third-order valence-corrected chi connectivity index (χ3v) is 11.8. The average Bonchev–Trinajstić information content (AvgIpc) is 3.99. The van der Waals surface area contributed by atoms with Gasteiger partial charge in [0.25, 0.3) is 0 Å². The molecule has 6 aromatic carbocycles. The Morgan fingerprint density at radius 1 is 0.397 bits per heavy atom. The lowest BCUT2D eigenvalue weighted by Crippen LogP contribution is -2.37. The monoisotopic (exact) mass is 782 g/mol. The minimum absolute atomic E-state index is 0.0452. The van der Waals surface area contributed by atoms with Gasteiger partial charge in [0.2, 0.25) is 0 Å². The Bertz CT molecular complexity index is 2820. The fourth-order valence-corrected chi connectivity index (χ4v) is 9.00. The van der Waals surface area contributed by atoms with Gasteiger partial charge in [-0.2, -0.15) is 0 Å². The lowest BCUT2D eigenvalue weighted by molar-refractivity contribution is 0.166. The Morgan fingerprint density at radius 2 is 0.776 bits per heavy atom. The first-order chi connectivity index (χ1) is 28.3. The van der Waals surface area contributed by atoms with Crippen molar-refractivity contribution in [2.45, 2.75) is 37.9 Å². The molecular weight excluding hydrogens is 745 g/mol. The summed E-state index contributed by atoms with van der Waals surface area (Å²) in [5.41, 5.74) is 6.71. The van der Waals surface area contributed by atoms with Gasteiger partial charge in [-0.3, -0.25) is 0 Å². The van der Waals surface area contributed by atoms with Crippen molar-refractivity contribution in [2.24, 2.45) is 0 Å². The summed E-state index contributed by atoms with van der Waals surface area (Å²) in [6.07, 6.45) is 4.00. The third kappa shape index (κ3) is 5.89. The van der Waals surface area contributed by atoms with Crippen molar-refractivity contribution < 1.29 is 27.0 Å². The number of fused-ring (bicyclic) bond motifs is 12. The molecule has 58 heavy (non-hydrogen) atoms. The first-order valence-electron chi connectivity index (χ1n) is 19.8. The number of hydrogen-bond donors (Lipinski definition) is 6. The van der Waals surface area contributed by atoms with Crippen molar-refractivity contribution in [3.8, 4) is 11.5 Å². The lowest BCUT2D eigenvalue weighted by Gasteiger charge is -2.24. The third-order valence-electron chi connectivity index (χ3n) is 11.8. The van der Waals surface area contributed by atoms with Crippen molar-refractivity contribution in [1.29, 1.82) is 0 Å². The summed E-state index contributed by atoms with van der Waals surface area (Å²) in [6, 6.07) is 22.9. The number of ether oxygens (including phenoxy) is 2. The van der Waals surface area contributed by atoms with Gasteiger partial charge < -0.3 is 40.0 Å².